The zero-order valence-electron chi connectivity index (χ0n) is 15.2. The van der Waals surface area contributed by atoms with Crippen molar-refractivity contribution in [3.63, 3.8) is 0 Å². The summed E-state index contributed by atoms with van der Waals surface area (Å²) in [5.74, 6) is -0.414. The molecule has 1 aromatic heterocycles. The third-order valence-electron chi connectivity index (χ3n) is 4.55. The lowest BCUT2D eigenvalue weighted by Crippen LogP contribution is -2.47. The van der Waals surface area contributed by atoms with Crippen molar-refractivity contribution in [1.82, 2.24) is 15.8 Å². The molecule has 2 heterocycles. The van der Waals surface area contributed by atoms with E-state index in [0.29, 0.717) is 11.5 Å². The van der Waals surface area contributed by atoms with Crippen molar-refractivity contribution in [3.05, 3.63) is 66.1 Å². The predicted octanol–water partition coefficient (Wildman–Crippen LogP) is 2.44. The topological polar surface area (TPSA) is 87.5 Å². The van der Waals surface area contributed by atoms with Gasteiger partial charge < -0.3 is 9.32 Å². The maximum absolute atomic E-state index is 12.2. The fourth-order valence-corrected chi connectivity index (χ4v) is 3.27. The van der Waals surface area contributed by atoms with E-state index in [-0.39, 0.29) is 12.5 Å². The Morgan fingerprint density at radius 1 is 1.11 bits per heavy atom. The number of hydrazine groups is 1. The largest absolute Gasteiger partial charge is 0.437 e. The number of aryl methyl sites for hydroxylation is 1. The van der Waals surface area contributed by atoms with Gasteiger partial charge in [-0.3, -0.25) is 20.4 Å². The summed E-state index contributed by atoms with van der Waals surface area (Å²) in [5.41, 5.74) is 8.51. The minimum Gasteiger partial charge on any atom is -0.437 e. The molecule has 7 nitrogen and oxygen atoms in total. The number of hydrogen-bond acceptors (Lipinski definition) is 5. The van der Waals surface area contributed by atoms with E-state index in [1.807, 2.05) is 41.3 Å². The Bertz CT molecular complexity index is 1010. The van der Waals surface area contributed by atoms with E-state index >= 15 is 0 Å². The quantitative estimate of drug-likeness (QED) is 0.539. The molecule has 0 unspecified atom stereocenters. The minimum atomic E-state index is -0.463. The first-order valence-electron chi connectivity index (χ1n) is 9.14. The molecule has 1 aliphatic rings. The molecule has 0 saturated heterocycles. The standard InChI is InChI=1S/C21H20N4O3/c26-19(11-12-21-22-16-8-2-4-10-18(16)28-21)23-24-20(27)14-25-13-5-7-15-6-1-3-9-17(15)25/h1-4,6,8-12H,5,7,13-14H2,(H,23,26)(H,24,27)/b12-11+. The van der Waals surface area contributed by atoms with Crippen molar-refractivity contribution in [1.29, 1.82) is 0 Å². The molecule has 4 rings (SSSR count). The molecule has 0 radical (unpaired) electrons. The van der Waals surface area contributed by atoms with Gasteiger partial charge >= 0.3 is 0 Å². The normalized spacial score (nSPS) is 13.5. The van der Waals surface area contributed by atoms with Crippen LogP contribution in [0.3, 0.4) is 0 Å². The summed E-state index contributed by atoms with van der Waals surface area (Å²) in [6, 6.07) is 15.4. The van der Waals surface area contributed by atoms with E-state index in [2.05, 4.69) is 21.9 Å². The molecule has 0 spiro atoms. The fourth-order valence-electron chi connectivity index (χ4n) is 3.27. The van der Waals surface area contributed by atoms with Gasteiger partial charge in [-0.25, -0.2) is 4.98 Å². The Balaban J connectivity index is 1.29. The van der Waals surface area contributed by atoms with Crippen LogP contribution in [0.25, 0.3) is 17.2 Å². The second-order valence-electron chi connectivity index (χ2n) is 6.54. The van der Waals surface area contributed by atoms with Crippen molar-refractivity contribution in [2.75, 3.05) is 18.0 Å². The number of nitrogens with zero attached hydrogens (tertiary/aromatic N) is 2. The van der Waals surface area contributed by atoms with Crippen molar-refractivity contribution in [3.8, 4) is 0 Å². The summed E-state index contributed by atoms with van der Waals surface area (Å²) in [5, 5.41) is 0. The van der Waals surface area contributed by atoms with Gasteiger partial charge in [0.15, 0.2) is 5.58 Å². The first kappa shape index (κ1) is 17.8. The summed E-state index contributed by atoms with van der Waals surface area (Å²) >= 11 is 0. The molecule has 2 amide bonds. The van der Waals surface area contributed by atoms with E-state index in [4.69, 9.17) is 4.42 Å². The Labute approximate surface area is 162 Å². The molecule has 2 N–H and O–H groups in total. The zero-order valence-corrected chi connectivity index (χ0v) is 15.2. The number of rotatable bonds is 4. The van der Waals surface area contributed by atoms with Crippen LogP contribution in [0.5, 0.6) is 0 Å². The van der Waals surface area contributed by atoms with E-state index < -0.39 is 5.91 Å². The van der Waals surface area contributed by atoms with Crippen molar-refractivity contribution >= 4 is 34.7 Å². The molecule has 0 atom stereocenters. The van der Waals surface area contributed by atoms with Crippen molar-refractivity contribution in [2.45, 2.75) is 12.8 Å². The minimum absolute atomic E-state index is 0.187. The highest BCUT2D eigenvalue weighted by molar-refractivity contribution is 5.93. The van der Waals surface area contributed by atoms with Crippen LogP contribution < -0.4 is 15.8 Å². The van der Waals surface area contributed by atoms with E-state index in [1.165, 1.54) is 17.7 Å². The van der Waals surface area contributed by atoms with Gasteiger partial charge in [0, 0.05) is 24.4 Å². The van der Waals surface area contributed by atoms with Gasteiger partial charge in [-0.05, 0) is 36.6 Å². The molecule has 0 fully saturated rings. The Hall–Kier alpha value is -3.61. The number of anilines is 1. The molecular weight excluding hydrogens is 356 g/mol. The Morgan fingerprint density at radius 2 is 1.93 bits per heavy atom. The molecule has 0 aliphatic carbocycles. The number of hydrogen-bond donors (Lipinski definition) is 2. The van der Waals surface area contributed by atoms with Gasteiger partial charge in [0.25, 0.3) is 11.8 Å². The average Bonchev–Trinajstić information content (AvgIpc) is 3.14. The summed E-state index contributed by atoms with van der Waals surface area (Å²) in [4.78, 5) is 30.4. The molecule has 142 valence electrons. The number of oxazole rings is 1. The van der Waals surface area contributed by atoms with E-state index in [1.54, 1.807) is 6.07 Å². The summed E-state index contributed by atoms with van der Waals surface area (Å²) in [7, 11) is 0. The first-order chi connectivity index (χ1) is 13.7. The number of nitrogens with one attached hydrogen (secondary N) is 2. The van der Waals surface area contributed by atoms with Gasteiger partial charge in [0.05, 0.1) is 6.54 Å². The molecule has 7 heteroatoms. The van der Waals surface area contributed by atoms with Gasteiger partial charge in [-0.1, -0.05) is 30.3 Å². The SMILES string of the molecule is O=C(/C=C/c1nc2ccccc2o1)NNC(=O)CN1CCCc2ccccc21. The van der Waals surface area contributed by atoms with Crippen LogP contribution in [0.2, 0.25) is 0 Å². The highest BCUT2D eigenvalue weighted by Crippen LogP contribution is 2.26. The van der Waals surface area contributed by atoms with Crippen LogP contribution in [0.1, 0.15) is 17.9 Å². The summed E-state index contributed by atoms with van der Waals surface area (Å²) < 4.78 is 5.51. The lowest BCUT2D eigenvalue weighted by molar-refractivity contribution is -0.125. The number of aromatic nitrogens is 1. The lowest BCUT2D eigenvalue weighted by atomic mass is 10.0. The lowest BCUT2D eigenvalue weighted by Gasteiger charge is -2.30. The monoisotopic (exact) mass is 376 g/mol. The fraction of sp³-hybridized carbons (Fsp3) is 0.190. The highest BCUT2D eigenvalue weighted by Gasteiger charge is 2.18. The molecule has 0 saturated carbocycles. The smallest absolute Gasteiger partial charge is 0.262 e. The van der Waals surface area contributed by atoms with Crippen LogP contribution in [0.4, 0.5) is 5.69 Å². The van der Waals surface area contributed by atoms with Crippen LogP contribution >= 0.6 is 0 Å². The second-order valence-corrected chi connectivity index (χ2v) is 6.54. The van der Waals surface area contributed by atoms with E-state index in [9.17, 15) is 9.59 Å². The maximum atomic E-state index is 12.2. The van der Waals surface area contributed by atoms with Gasteiger partial charge in [0.1, 0.15) is 5.52 Å². The number of benzene rings is 2. The number of para-hydroxylation sites is 3. The second kappa shape index (κ2) is 7.96. The maximum Gasteiger partial charge on any atom is 0.262 e. The van der Waals surface area contributed by atoms with Crippen LogP contribution in [-0.2, 0) is 16.0 Å². The zero-order chi connectivity index (χ0) is 19.3. The highest BCUT2D eigenvalue weighted by atomic mass is 16.3. The third-order valence-corrected chi connectivity index (χ3v) is 4.55. The van der Waals surface area contributed by atoms with Crippen LogP contribution in [0.15, 0.2) is 59.0 Å². The molecule has 3 aromatic rings. The molecular formula is C21H20N4O3. The first-order valence-corrected chi connectivity index (χ1v) is 9.14. The molecule has 0 bridgehead atoms. The van der Waals surface area contributed by atoms with Crippen LogP contribution in [0, 0.1) is 0 Å². The Morgan fingerprint density at radius 3 is 2.82 bits per heavy atom. The number of carbonyl (C=O) groups excluding carboxylic acids is 2. The molecule has 2 aromatic carbocycles. The molecule has 28 heavy (non-hydrogen) atoms. The van der Waals surface area contributed by atoms with Gasteiger partial charge in [0.2, 0.25) is 5.89 Å². The number of carbonyl (C=O) groups is 2. The van der Waals surface area contributed by atoms with Gasteiger partial charge in [-0.2, -0.15) is 0 Å². The molecule has 1 aliphatic heterocycles. The number of fused-ring (bicyclic) bond motifs is 2. The van der Waals surface area contributed by atoms with Crippen molar-refractivity contribution < 1.29 is 14.0 Å². The third kappa shape index (κ3) is 4.03. The average molecular weight is 376 g/mol. The van der Waals surface area contributed by atoms with Crippen LogP contribution in [-0.4, -0.2) is 29.9 Å². The van der Waals surface area contributed by atoms with Gasteiger partial charge in [-0.15, -0.1) is 0 Å². The number of amides is 2. The van der Waals surface area contributed by atoms with E-state index in [0.717, 1.165) is 30.6 Å². The Kier molecular flexibility index (Phi) is 5.05. The predicted molar refractivity (Wildman–Crippen MR) is 106 cm³/mol. The summed E-state index contributed by atoms with van der Waals surface area (Å²) in [6.07, 6.45) is 4.75. The summed E-state index contributed by atoms with van der Waals surface area (Å²) in [6.45, 7) is 1.00. The van der Waals surface area contributed by atoms with Crippen molar-refractivity contribution in [2.24, 2.45) is 0 Å².